The fraction of sp³-hybridized carbons (Fsp3) is 0.222. The van der Waals surface area contributed by atoms with E-state index in [-0.39, 0.29) is 34.2 Å². The monoisotopic (exact) mass is 405 g/mol. The molecule has 7 nitrogen and oxygen atoms in total. The number of hydrogen-bond acceptors (Lipinski definition) is 4. The molecule has 0 saturated heterocycles. The molecule has 2 aromatic carbocycles. The lowest BCUT2D eigenvalue weighted by atomic mass is 10.2. The van der Waals surface area contributed by atoms with Crippen molar-refractivity contribution in [2.75, 3.05) is 10.0 Å². The molecule has 0 bridgehead atoms. The molecular weight excluding hydrogens is 390 g/mol. The van der Waals surface area contributed by atoms with Crippen molar-refractivity contribution in [2.45, 2.75) is 30.2 Å². The van der Waals surface area contributed by atoms with Crippen molar-refractivity contribution in [3.05, 3.63) is 52.5 Å². The van der Waals surface area contributed by atoms with Crippen molar-refractivity contribution in [2.24, 2.45) is 0 Å². The molecule has 4 rings (SSSR count). The molecule has 3 N–H and O–H groups in total. The van der Waals surface area contributed by atoms with Crippen LogP contribution in [0.15, 0.2) is 41.3 Å². The number of amides is 2. The first kappa shape index (κ1) is 17.8. The van der Waals surface area contributed by atoms with Crippen LogP contribution < -0.4 is 15.4 Å². The Morgan fingerprint density at radius 1 is 1.15 bits per heavy atom. The summed E-state index contributed by atoms with van der Waals surface area (Å²) in [6.07, 6.45) is 2.10. The summed E-state index contributed by atoms with van der Waals surface area (Å²) in [5, 5.41) is 5.51. The van der Waals surface area contributed by atoms with E-state index in [1.807, 2.05) is 0 Å². The smallest absolute Gasteiger partial charge is 0.263 e. The normalized spacial score (nSPS) is 15.8. The zero-order chi connectivity index (χ0) is 19.2. The molecule has 9 heteroatoms. The lowest BCUT2D eigenvalue weighted by molar-refractivity contribution is -0.115. The van der Waals surface area contributed by atoms with Gasteiger partial charge in [0, 0.05) is 23.0 Å². The van der Waals surface area contributed by atoms with Gasteiger partial charge in [-0.1, -0.05) is 11.6 Å². The second-order valence-corrected chi connectivity index (χ2v) is 8.65. The predicted molar refractivity (Wildman–Crippen MR) is 102 cm³/mol. The Kier molecular flexibility index (Phi) is 4.32. The van der Waals surface area contributed by atoms with Crippen LogP contribution in [0.3, 0.4) is 0 Å². The third-order valence-electron chi connectivity index (χ3n) is 4.38. The van der Waals surface area contributed by atoms with Crippen molar-refractivity contribution in [1.82, 2.24) is 5.32 Å². The standard InChI is InChI=1S/C18H16ClN3O4S/c19-14-9-15-11(8-17(23)21-15)7-16(14)27(25,26)22-13-3-1-10(2-4-13)18(24)20-12-5-6-12/h1-4,7,9,12,22H,5-6,8H2,(H,20,24)(H,21,23). The predicted octanol–water partition coefficient (Wildman–Crippen LogP) is 2.53. The summed E-state index contributed by atoms with van der Waals surface area (Å²) in [7, 11) is -3.95. The number of carbonyl (C=O) groups excluding carboxylic acids is 2. The molecule has 1 fully saturated rings. The molecule has 1 saturated carbocycles. The summed E-state index contributed by atoms with van der Waals surface area (Å²) in [5.41, 5.74) is 1.88. The van der Waals surface area contributed by atoms with Crippen molar-refractivity contribution < 1.29 is 18.0 Å². The first-order valence-electron chi connectivity index (χ1n) is 8.38. The van der Waals surface area contributed by atoms with Gasteiger partial charge in [-0.05, 0) is 54.8 Å². The van der Waals surface area contributed by atoms with Crippen molar-refractivity contribution in [3.8, 4) is 0 Å². The first-order valence-corrected chi connectivity index (χ1v) is 10.2. The van der Waals surface area contributed by atoms with Crippen LogP contribution in [0.2, 0.25) is 5.02 Å². The summed E-state index contributed by atoms with van der Waals surface area (Å²) in [5.74, 6) is -0.380. The van der Waals surface area contributed by atoms with Gasteiger partial charge in [-0.3, -0.25) is 14.3 Å². The molecular formula is C18H16ClN3O4S. The van der Waals surface area contributed by atoms with Gasteiger partial charge in [0.05, 0.1) is 11.4 Å². The molecule has 1 heterocycles. The van der Waals surface area contributed by atoms with Gasteiger partial charge in [0.2, 0.25) is 5.91 Å². The van der Waals surface area contributed by atoms with Crippen LogP contribution in [0, 0.1) is 0 Å². The topological polar surface area (TPSA) is 104 Å². The van der Waals surface area contributed by atoms with E-state index in [9.17, 15) is 18.0 Å². The van der Waals surface area contributed by atoms with Gasteiger partial charge < -0.3 is 10.6 Å². The number of anilines is 2. The number of nitrogens with one attached hydrogen (secondary N) is 3. The van der Waals surface area contributed by atoms with Crippen LogP contribution in [0.25, 0.3) is 0 Å². The maximum Gasteiger partial charge on any atom is 0.263 e. The van der Waals surface area contributed by atoms with Crippen molar-refractivity contribution >= 4 is 44.8 Å². The fourth-order valence-electron chi connectivity index (χ4n) is 2.83. The number of benzene rings is 2. The van der Waals surface area contributed by atoms with Crippen LogP contribution in [0.5, 0.6) is 0 Å². The van der Waals surface area contributed by atoms with Gasteiger partial charge >= 0.3 is 0 Å². The number of carbonyl (C=O) groups is 2. The third kappa shape index (κ3) is 3.77. The van der Waals surface area contributed by atoms with Crippen LogP contribution in [0.4, 0.5) is 11.4 Å². The molecule has 2 amide bonds. The highest BCUT2D eigenvalue weighted by atomic mass is 35.5. The van der Waals surface area contributed by atoms with E-state index in [0.29, 0.717) is 22.5 Å². The Hall–Kier alpha value is -2.58. The summed E-state index contributed by atoms with van der Waals surface area (Å²) in [6.45, 7) is 0. The number of halogens is 1. The minimum absolute atomic E-state index is 0.0175. The number of sulfonamides is 1. The highest BCUT2D eigenvalue weighted by Crippen LogP contribution is 2.33. The Bertz CT molecular complexity index is 1050. The average Bonchev–Trinajstić information content (AvgIpc) is 3.33. The first-order chi connectivity index (χ1) is 12.8. The maximum absolute atomic E-state index is 12.7. The fourth-order valence-corrected chi connectivity index (χ4v) is 4.47. The van der Waals surface area contributed by atoms with Gasteiger partial charge in [0.15, 0.2) is 0 Å². The zero-order valence-corrected chi connectivity index (χ0v) is 15.7. The Morgan fingerprint density at radius 2 is 1.85 bits per heavy atom. The second-order valence-electron chi connectivity index (χ2n) is 6.60. The Labute approximate surface area is 161 Å². The molecule has 0 radical (unpaired) electrons. The summed E-state index contributed by atoms with van der Waals surface area (Å²) in [4.78, 5) is 23.4. The van der Waals surface area contributed by atoms with Crippen LogP contribution in [-0.2, 0) is 21.2 Å². The average molecular weight is 406 g/mol. The highest BCUT2D eigenvalue weighted by Gasteiger charge is 2.26. The molecule has 0 spiro atoms. The van der Waals surface area contributed by atoms with Gasteiger partial charge in [-0.15, -0.1) is 0 Å². The minimum Gasteiger partial charge on any atom is -0.349 e. The van der Waals surface area contributed by atoms with E-state index in [1.165, 1.54) is 24.3 Å². The lowest BCUT2D eigenvalue weighted by Crippen LogP contribution is -2.25. The van der Waals surface area contributed by atoms with Gasteiger partial charge in [-0.25, -0.2) is 8.42 Å². The number of fused-ring (bicyclic) bond motifs is 1. The van der Waals surface area contributed by atoms with E-state index in [2.05, 4.69) is 15.4 Å². The van der Waals surface area contributed by atoms with Crippen LogP contribution in [-0.4, -0.2) is 26.3 Å². The molecule has 140 valence electrons. The number of hydrogen-bond donors (Lipinski definition) is 3. The zero-order valence-electron chi connectivity index (χ0n) is 14.1. The van der Waals surface area contributed by atoms with E-state index in [0.717, 1.165) is 12.8 Å². The highest BCUT2D eigenvalue weighted by molar-refractivity contribution is 7.92. The summed E-state index contributed by atoms with van der Waals surface area (Å²) in [6, 6.07) is 9.23. The van der Waals surface area contributed by atoms with Gasteiger partial charge in [0.1, 0.15) is 4.90 Å². The van der Waals surface area contributed by atoms with Gasteiger partial charge in [-0.2, -0.15) is 0 Å². The van der Waals surface area contributed by atoms with E-state index in [4.69, 9.17) is 11.6 Å². The molecule has 1 aliphatic carbocycles. The summed E-state index contributed by atoms with van der Waals surface area (Å²) < 4.78 is 27.8. The second kappa shape index (κ2) is 6.54. The SMILES string of the molecule is O=C1Cc2cc(S(=O)(=O)Nc3ccc(C(=O)NC4CC4)cc3)c(Cl)cc2N1. The van der Waals surface area contributed by atoms with E-state index >= 15 is 0 Å². The molecule has 0 atom stereocenters. The van der Waals surface area contributed by atoms with Crippen LogP contribution >= 0.6 is 11.6 Å². The maximum atomic E-state index is 12.7. The van der Waals surface area contributed by atoms with E-state index in [1.54, 1.807) is 12.1 Å². The number of rotatable bonds is 5. The Balaban J connectivity index is 1.54. The summed E-state index contributed by atoms with van der Waals surface area (Å²) >= 11 is 6.10. The van der Waals surface area contributed by atoms with Crippen molar-refractivity contribution in [1.29, 1.82) is 0 Å². The molecule has 1 aliphatic heterocycles. The van der Waals surface area contributed by atoms with Crippen molar-refractivity contribution in [3.63, 3.8) is 0 Å². The minimum atomic E-state index is -3.95. The molecule has 27 heavy (non-hydrogen) atoms. The third-order valence-corrected chi connectivity index (χ3v) is 6.23. The lowest BCUT2D eigenvalue weighted by Gasteiger charge is -2.11. The largest absolute Gasteiger partial charge is 0.349 e. The quantitative estimate of drug-likeness (QED) is 0.710. The van der Waals surface area contributed by atoms with E-state index < -0.39 is 10.0 Å². The molecule has 2 aromatic rings. The Morgan fingerprint density at radius 3 is 2.52 bits per heavy atom. The molecule has 0 aromatic heterocycles. The molecule has 0 unspecified atom stereocenters. The van der Waals surface area contributed by atoms with Gasteiger partial charge in [0.25, 0.3) is 15.9 Å². The van der Waals surface area contributed by atoms with Crippen LogP contribution in [0.1, 0.15) is 28.8 Å². The molecule has 2 aliphatic rings.